The maximum absolute atomic E-state index is 14.1. The van der Waals surface area contributed by atoms with Gasteiger partial charge >= 0.3 is 0 Å². The lowest BCUT2D eigenvalue weighted by Gasteiger charge is -2.30. The van der Waals surface area contributed by atoms with E-state index in [0.717, 1.165) is 21.9 Å². The van der Waals surface area contributed by atoms with Gasteiger partial charge in [-0.1, -0.05) is 84.0 Å². The van der Waals surface area contributed by atoms with Crippen LogP contribution in [0.25, 0.3) is 10.8 Å². The van der Waals surface area contributed by atoms with Gasteiger partial charge in [0.25, 0.3) is 11.7 Å². The summed E-state index contributed by atoms with van der Waals surface area (Å²) in [6, 6.07) is 21.8. The van der Waals surface area contributed by atoms with Crippen LogP contribution in [0.15, 0.2) is 89.5 Å². The fourth-order valence-electron chi connectivity index (χ4n) is 4.51. The number of nitrogens with one attached hydrogen (secondary N) is 2. The smallest absolute Gasteiger partial charge is 0.292 e. The first-order valence-corrected chi connectivity index (χ1v) is 13.7. The molecule has 4 rings (SSSR count). The van der Waals surface area contributed by atoms with Crippen molar-refractivity contribution in [2.45, 2.75) is 44.3 Å². The van der Waals surface area contributed by atoms with Crippen LogP contribution in [0.2, 0.25) is 0 Å². The van der Waals surface area contributed by atoms with E-state index in [2.05, 4.69) is 20.8 Å². The van der Waals surface area contributed by atoms with Crippen LogP contribution in [0.1, 0.15) is 47.5 Å². The van der Waals surface area contributed by atoms with Crippen molar-refractivity contribution in [1.29, 1.82) is 0 Å². The van der Waals surface area contributed by atoms with Crippen molar-refractivity contribution >= 4 is 28.5 Å². The molecular formula is C32H36N6O4. The van der Waals surface area contributed by atoms with E-state index in [9.17, 15) is 14.4 Å². The van der Waals surface area contributed by atoms with Crippen LogP contribution in [-0.2, 0) is 22.4 Å². The summed E-state index contributed by atoms with van der Waals surface area (Å²) in [6.45, 7) is 3.54. The highest BCUT2D eigenvalue weighted by atomic mass is 16.5. The number of carbonyl (C=O) groups is 3. The molecule has 10 nitrogen and oxygen atoms in total. The van der Waals surface area contributed by atoms with Gasteiger partial charge in [0, 0.05) is 38.6 Å². The third-order valence-electron chi connectivity index (χ3n) is 6.78. The van der Waals surface area contributed by atoms with E-state index in [0.29, 0.717) is 6.42 Å². The predicted molar refractivity (Wildman–Crippen MR) is 160 cm³/mol. The van der Waals surface area contributed by atoms with Crippen molar-refractivity contribution < 1.29 is 18.9 Å². The molecule has 0 fully saturated rings. The van der Waals surface area contributed by atoms with Gasteiger partial charge in [-0.25, -0.2) is 0 Å². The molecular weight excluding hydrogens is 532 g/mol. The minimum Gasteiger partial charge on any atom is -0.352 e. The van der Waals surface area contributed by atoms with E-state index in [1.54, 1.807) is 27.0 Å². The summed E-state index contributed by atoms with van der Waals surface area (Å²) in [5.41, 5.74) is 7.11. The zero-order chi connectivity index (χ0) is 30.3. The van der Waals surface area contributed by atoms with Crippen molar-refractivity contribution in [2.75, 3.05) is 14.1 Å². The molecule has 10 heteroatoms. The lowest BCUT2D eigenvalue weighted by molar-refractivity contribution is -0.137. The molecule has 0 aliphatic heterocycles. The Kier molecular flexibility index (Phi) is 9.49. The molecule has 0 aliphatic carbocycles. The second kappa shape index (κ2) is 13.2. The van der Waals surface area contributed by atoms with Crippen LogP contribution in [0.3, 0.4) is 0 Å². The molecule has 1 heterocycles. The van der Waals surface area contributed by atoms with Gasteiger partial charge in [0.2, 0.25) is 17.7 Å². The molecule has 4 aromatic rings. The minimum atomic E-state index is -0.922. The van der Waals surface area contributed by atoms with E-state index < -0.39 is 29.4 Å². The van der Waals surface area contributed by atoms with Crippen LogP contribution < -0.4 is 16.4 Å². The second-order valence-corrected chi connectivity index (χ2v) is 10.8. The maximum Gasteiger partial charge on any atom is 0.292 e. The number of amides is 3. The van der Waals surface area contributed by atoms with Crippen LogP contribution in [-0.4, -0.2) is 58.4 Å². The molecule has 1 aromatic heterocycles. The monoisotopic (exact) mass is 568 g/mol. The van der Waals surface area contributed by atoms with E-state index in [1.807, 2.05) is 72.8 Å². The normalized spacial score (nSPS) is 13.1. The van der Waals surface area contributed by atoms with Crippen molar-refractivity contribution in [3.05, 3.63) is 108 Å². The number of nitrogens with zero attached hydrogens (tertiary/aromatic N) is 3. The lowest BCUT2D eigenvalue weighted by Crippen LogP contribution is -2.49. The molecule has 1 unspecified atom stereocenters. The van der Waals surface area contributed by atoms with Crippen molar-refractivity contribution in [3.8, 4) is 0 Å². The number of carbonyl (C=O) groups excluding carboxylic acids is 3. The molecule has 3 aromatic carbocycles. The molecule has 0 radical (unpaired) electrons. The predicted octanol–water partition coefficient (Wildman–Crippen LogP) is 3.35. The Bertz CT molecular complexity index is 1570. The summed E-state index contributed by atoms with van der Waals surface area (Å²) in [4.78, 5) is 45.0. The topological polar surface area (TPSA) is 143 Å². The Morgan fingerprint density at radius 1 is 0.976 bits per heavy atom. The van der Waals surface area contributed by atoms with E-state index in [1.165, 1.54) is 18.0 Å². The Balaban J connectivity index is 1.67. The molecule has 3 amide bonds. The third kappa shape index (κ3) is 7.88. The largest absolute Gasteiger partial charge is 0.352 e. The van der Waals surface area contributed by atoms with Gasteiger partial charge in [-0.2, -0.15) is 4.98 Å². The van der Waals surface area contributed by atoms with E-state index >= 15 is 0 Å². The summed E-state index contributed by atoms with van der Waals surface area (Å²) in [6.07, 6.45) is 3.51. The summed E-state index contributed by atoms with van der Waals surface area (Å²) >= 11 is 0. The second-order valence-electron chi connectivity index (χ2n) is 10.8. The lowest BCUT2D eigenvalue weighted by atomic mass is 9.99. The highest BCUT2D eigenvalue weighted by Crippen LogP contribution is 2.25. The summed E-state index contributed by atoms with van der Waals surface area (Å²) < 4.78 is 5.47. The number of rotatable bonds is 11. The zero-order valence-electron chi connectivity index (χ0n) is 24.2. The Hall–Kier alpha value is -4.83. The Labute approximate surface area is 245 Å². The maximum atomic E-state index is 14.1. The van der Waals surface area contributed by atoms with Gasteiger partial charge in [0.15, 0.2) is 0 Å². The van der Waals surface area contributed by atoms with Crippen molar-refractivity contribution in [2.24, 2.45) is 5.73 Å². The summed E-state index contributed by atoms with van der Waals surface area (Å²) in [5.74, 6) is -1.35. The van der Waals surface area contributed by atoms with Crippen LogP contribution in [0, 0.1) is 0 Å². The SMILES string of the molecule is CNC(=O)c1noc(C(Cc2ccccc2)N(C)C(=O)[C@@H](Cc2ccc3ccccc3c2)NC(=O)C=CC(C)(C)N)n1. The molecule has 42 heavy (non-hydrogen) atoms. The van der Waals surface area contributed by atoms with Crippen LogP contribution in [0.4, 0.5) is 0 Å². The van der Waals surface area contributed by atoms with Crippen LogP contribution >= 0.6 is 0 Å². The minimum absolute atomic E-state index is 0.105. The molecule has 0 aliphatic rings. The number of hydrogen-bond donors (Lipinski definition) is 3. The molecule has 0 bridgehead atoms. The van der Waals surface area contributed by atoms with E-state index in [-0.39, 0.29) is 24.0 Å². The summed E-state index contributed by atoms with van der Waals surface area (Å²) in [5, 5.41) is 11.2. The Morgan fingerprint density at radius 2 is 1.67 bits per heavy atom. The van der Waals surface area contributed by atoms with Gasteiger partial charge in [0.05, 0.1) is 0 Å². The first kappa shape index (κ1) is 30.1. The number of benzene rings is 3. The fourth-order valence-corrected chi connectivity index (χ4v) is 4.51. The van der Waals surface area contributed by atoms with Crippen LogP contribution in [0.5, 0.6) is 0 Å². The average molecular weight is 569 g/mol. The standard InChI is InChI=1S/C32H36N6O4/c1-32(2,33)17-16-27(39)35-25(19-22-14-15-23-12-8-9-13-24(23)18-22)31(41)38(4)26(20-21-10-6-5-7-11-21)30-36-28(37-42-30)29(40)34-3/h5-18,25-26H,19-20,33H2,1-4H3,(H,34,40)(H,35,39)/t25-,26?/m1/s1. The number of likely N-dealkylation sites (N-methyl/N-ethyl adjacent to an activating group) is 1. The van der Waals surface area contributed by atoms with Gasteiger partial charge < -0.3 is 25.8 Å². The van der Waals surface area contributed by atoms with Crippen molar-refractivity contribution in [3.63, 3.8) is 0 Å². The molecule has 218 valence electrons. The first-order valence-electron chi connectivity index (χ1n) is 13.7. The fraction of sp³-hybridized carbons (Fsp3) is 0.281. The number of aromatic nitrogens is 2. The third-order valence-corrected chi connectivity index (χ3v) is 6.78. The number of hydrogen-bond acceptors (Lipinski definition) is 7. The summed E-state index contributed by atoms with van der Waals surface area (Å²) in [7, 11) is 3.09. The highest BCUT2D eigenvalue weighted by molar-refractivity contribution is 5.93. The van der Waals surface area contributed by atoms with Gasteiger partial charge in [-0.15, -0.1) is 0 Å². The molecule has 0 saturated heterocycles. The quantitative estimate of drug-likeness (QED) is 0.236. The first-order chi connectivity index (χ1) is 20.0. The van der Waals surface area contributed by atoms with Crippen molar-refractivity contribution in [1.82, 2.24) is 25.7 Å². The Morgan fingerprint density at radius 3 is 2.36 bits per heavy atom. The van der Waals surface area contributed by atoms with Gasteiger partial charge in [0.1, 0.15) is 12.1 Å². The molecule has 0 saturated carbocycles. The molecule has 2 atom stereocenters. The zero-order valence-corrected chi connectivity index (χ0v) is 24.2. The highest BCUT2D eigenvalue weighted by Gasteiger charge is 2.33. The van der Waals surface area contributed by atoms with Gasteiger partial charge in [-0.05, 0) is 35.7 Å². The molecule has 4 N–H and O–H groups in total. The number of nitrogens with two attached hydrogens (primary N) is 1. The van der Waals surface area contributed by atoms with E-state index in [4.69, 9.17) is 10.3 Å². The number of fused-ring (bicyclic) bond motifs is 1. The molecule has 0 spiro atoms. The average Bonchev–Trinajstić information content (AvgIpc) is 3.47. The van der Waals surface area contributed by atoms with Gasteiger partial charge in [-0.3, -0.25) is 14.4 Å².